The maximum absolute atomic E-state index is 11.9. The number of rotatable bonds is 0. The third-order valence-electron chi connectivity index (χ3n) is 3.32. The summed E-state index contributed by atoms with van der Waals surface area (Å²) in [5, 5.41) is 3.35. The molecule has 78 valence electrons. The van der Waals surface area contributed by atoms with Gasteiger partial charge in [0.25, 0.3) is 0 Å². The highest BCUT2D eigenvalue weighted by molar-refractivity contribution is 5.81. The van der Waals surface area contributed by atoms with Crippen LogP contribution in [0, 0.1) is 0 Å². The van der Waals surface area contributed by atoms with E-state index in [9.17, 15) is 4.79 Å². The van der Waals surface area contributed by atoms with Crippen molar-refractivity contribution in [3.05, 3.63) is 35.4 Å². The van der Waals surface area contributed by atoms with Crippen LogP contribution in [0.15, 0.2) is 24.3 Å². The van der Waals surface area contributed by atoms with Crippen LogP contribution >= 0.6 is 0 Å². The van der Waals surface area contributed by atoms with Crippen molar-refractivity contribution in [2.75, 3.05) is 19.6 Å². The Morgan fingerprint density at radius 2 is 2.20 bits per heavy atom. The van der Waals surface area contributed by atoms with E-state index in [-0.39, 0.29) is 11.9 Å². The first-order valence-corrected chi connectivity index (χ1v) is 5.44. The van der Waals surface area contributed by atoms with Crippen molar-refractivity contribution >= 4 is 5.91 Å². The van der Waals surface area contributed by atoms with E-state index in [0.29, 0.717) is 6.42 Å². The Kier molecular flexibility index (Phi) is 1.99. The van der Waals surface area contributed by atoms with E-state index in [1.165, 1.54) is 11.1 Å². The van der Waals surface area contributed by atoms with Gasteiger partial charge in [0.15, 0.2) is 0 Å². The molecule has 1 unspecified atom stereocenters. The second-order valence-corrected chi connectivity index (χ2v) is 4.18. The molecule has 3 nitrogen and oxygen atoms in total. The van der Waals surface area contributed by atoms with Gasteiger partial charge in [-0.25, -0.2) is 0 Å². The largest absolute Gasteiger partial charge is 0.333 e. The zero-order valence-electron chi connectivity index (χ0n) is 8.57. The second-order valence-electron chi connectivity index (χ2n) is 4.18. The van der Waals surface area contributed by atoms with Crippen LogP contribution in [0.5, 0.6) is 0 Å². The van der Waals surface area contributed by atoms with Crippen molar-refractivity contribution in [1.29, 1.82) is 0 Å². The number of benzene rings is 1. The van der Waals surface area contributed by atoms with Crippen molar-refractivity contribution in [3.8, 4) is 0 Å². The minimum atomic E-state index is 0.260. The predicted octanol–water partition coefficient (Wildman–Crippen LogP) is 0.716. The molecule has 1 aromatic rings. The molecule has 1 N–H and O–H groups in total. The van der Waals surface area contributed by atoms with Gasteiger partial charge in [0.2, 0.25) is 5.91 Å². The van der Waals surface area contributed by atoms with Crippen LogP contribution in [-0.4, -0.2) is 30.4 Å². The molecule has 1 saturated heterocycles. The van der Waals surface area contributed by atoms with Gasteiger partial charge in [0.05, 0.1) is 12.5 Å². The van der Waals surface area contributed by atoms with Gasteiger partial charge in [-0.1, -0.05) is 24.3 Å². The molecule has 15 heavy (non-hydrogen) atoms. The van der Waals surface area contributed by atoms with Crippen LogP contribution in [0.25, 0.3) is 0 Å². The minimum Gasteiger partial charge on any atom is -0.333 e. The summed E-state index contributed by atoms with van der Waals surface area (Å²) < 4.78 is 0. The Bertz CT molecular complexity index is 402. The number of nitrogens with one attached hydrogen (secondary N) is 1. The fourth-order valence-electron chi connectivity index (χ4n) is 2.57. The average Bonchev–Trinajstić information content (AvgIpc) is 2.30. The van der Waals surface area contributed by atoms with Gasteiger partial charge in [-0.3, -0.25) is 4.79 Å². The van der Waals surface area contributed by atoms with E-state index in [2.05, 4.69) is 23.5 Å². The van der Waals surface area contributed by atoms with E-state index in [4.69, 9.17) is 0 Å². The summed E-state index contributed by atoms with van der Waals surface area (Å²) in [6.45, 7) is 2.66. The molecule has 3 rings (SSSR count). The molecule has 2 aliphatic heterocycles. The van der Waals surface area contributed by atoms with Crippen molar-refractivity contribution in [2.24, 2.45) is 0 Å². The average molecular weight is 202 g/mol. The third-order valence-corrected chi connectivity index (χ3v) is 3.32. The first kappa shape index (κ1) is 8.92. The molecular weight excluding hydrogens is 188 g/mol. The SMILES string of the molecule is O=C1Cc2ccccc2C2CNCCN12. The molecule has 1 fully saturated rings. The van der Waals surface area contributed by atoms with E-state index in [0.717, 1.165) is 19.6 Å². The molecule has 1 amide bonds. The van der Waals surface area contributed by atoms with Crippen LogP contribution in [0.2, 0.25) is 0 Å². The zero-order valence-corrected chi connectivity index (χ0v) is 8.57. The Hall–Kier alpha value is -1.35. The summed E-state index contributed by atoms with van der Waals surface area (Å²) in [5.74, 6) is 0.278. The van der Waals surface area contributed by atoms with E-state index in [1.807, 2.05) is 11.0 Å². The quantitative estimate of drug-likeness (QED) is 0.672. The number of nitrogens with zero attached hydrogens (tertiary/aromatic N) is 1. The molecule has 0 aliphatic carbocycles. The smallest absolute Gasteiger partial charge is 0.227 e. The number of amides is 1. The summed E-state index contributed by atoms with van der Waals surface area (Å²) in [6.07, 6.45) is 0.576. The Morgan fingerprint density at radius 1 is 1.33 bits per heavy atom. The minimum absolute atomic E-state index is 0.260. The number of carbonyl (C=O) groups excluding carboxylic acids is 1. The first-order valence-electron chi connectivity index (χ1n) is 5.44. The number of fused-ring (bicyclic) bond motifs is 3. The van der Waals surface area contributed by atoms with Crippen LogP contribution in [0.1, 0.15) is 17.2 Å². The molecule has 2 heterocycles. The molecule has 2 aliphatic rings. The fourth-order valence-corrected chi connectivity index (χ4v) is 2.57. The summed E-state index contributed by atoms with van der Waals surface area (Å²) in [5.41, 5.74) is 2.52. The highest BCUT2D eigenvalue weighted by atomic mass is 16.2. The van der Waals surface area contributed by atoms with Crippen molar-refractivity contribution in [2.45, 2.75) is 12.5 Å². The molecule has 0 aromatic heterocycles. The molecule has 0 radical (unpaired) electrons. The van der Waals surface area contributed by atoms with E-state index < -0.39 is 0 Å². The molecule has 0 saturated carbocycles. The predicted molar refractivity (Wildman–Crippen MR) is 57.5 cm³/mol. The van der Waals surface area contributed by atoms with Crippen molar-refractivity contribution in [3.63, 3.8) is 0 Å². The number of piperazine rings is 1. The van der Waals surface area contributed by atoms with Gasteiger partial charge >= 0.3 is 0 Å². The first-order chi connectivity index (χ1) is 7.36. The normalized spacial score (nSPS) is 24.7. The van der Waals surface area contributed by atoms with Gasteiger partial charge < -0.3 is 10.2 Å². The molecule has 0 bridgehead atoms. The maximum Gasteiger partial charge on any atom is 0.227 e. The topological polar surface area (TPSA) is 32.3 Å². The maximum atomic E-state index is 11.9. The summed E-state index contributed by atoms with van der Waals surface area (Å²) in [6, 6.07) is 8.54. The van der Waals surface area contributed by atoms with Crippen molar-refractivity contribution in [1.82, 2.24) is 10.2 Å². The Morgan fingerprint density at radius 3 is 3.13 bits per heavy atom. The summed E-state index contributed by atoms with van der Waals surface area (Å²) >= 11 is 0. The van der Waals surface area contributed by atoms with Crippen LogP contribution in [0.4, 0.5) is 0 Å². The van der Waals surface area contributed by atoms with E-state index in [1.54, 1.807) is 0 Å². The second kappa shape index (κ2) is 3.35. The van der Waals surface area contributed by atoms with Gasteiger partial charge in [0.1, 0.15) is 0 Å². The lowest BCUT2D eigenvalue weighted by Crippen LogP contribution is -2.51. The van der Waals surface area contributed by atoms with Crippen LogP contribution < -0.4 is 5.32 Å². The Balaban J connectivity index is 2.06. The van der Waals surface area contributed by atoms with Gasteiger partial charge in [-0.05, 0) is 11.1 Å². The Labute approximate surface area is 89.1 Å². The standard InChI is InChI=1S/C12H14N2O/c15-12-7-9-3-1-2-4-10(9)11-8-13-5-6-14(11)12/h1-4,11,13H,5-8H2. The summed E-state index contributed by atoms with van der Waals surface area (Å²) in [7, 11) is 0. The van der Waals surface area contributed by atoms with E-state index >= 15 is 0 Å². The van der Waals surface area contributed by atoms with Gasteiger partial charge in [-0.2, -0.15) is 0 Å². The lowest BCUT2D eigenvalue weighted by molar-refractivity contribution is -0.134. The number of hydrogen-bond acceptors (Lipinski definition) is 2. The van der Waals surface area contributed by atoms with Crippen LogP contribution in [-0.2, 0) is 11.2 Å². The molecular formula is C12H14N2O. The molecule has 1 atom stereocenters. The highest BCUT2D eigenvalue weighted by Gasteiger charge is 2.33. The fraction of sp³-hybridized carbons (Fsp3) is 0.417. The van der Waals surface area contributed by atoms with Crippen molar-refractivity contribution < 1.29 is 4.79 Å². The summed E-state index contributed by atoms with van der Waals surface area (Å²) in [4.78, 5) is 13.9. The number of carbonyl (C=O) groups is 1. The lowest BCUT2D eigenvalue weighted by atomic mass is 9.91. The van der Waals surface area contributed by atoms with Crippen LogP contribution in [0.3, 0.4) is 0 Å². The zero-order chi connectivity index (χ0) is 10.3. The monoisotopic (exact) mass is 202 g/mol. The number of hydrogen-bond donors (Lipinski definition) is 1. The van der Waals surface area contributed by atoms with Gasteiger partial charge in [-0.15, -0.1) is 0 Å². The molecule has 3 heteroatoms. The third kappa shape index (κ3) is 1.35. The molecule has 0 spiro atoms. The highest BCUT2D eigenvalue weighted by Crippen LogP contribution is 2.30. The van der Waals surface area contributed by atoms with Gasteiger partial charge in [0, 0.05) is 19.6 Å². The molecule has 1 aromatic carbocycles. The lowest BCUT2D eigenvalue weighted by Gasteiger charge is -2.40.